The van der Waals surface area contributed by atoms with Crippen molar-refractivity contribution in [2.24, 2.45) is 0 Å². The van der Waals surface area contributed by atoms with Gasteiger partial charge in [-0.2, -0.15) is 0 Å². The second-order valence-electron chi connectivity index (χ2n) is 8.44. The molecule has 5 aromatic rings. The van der Waals surface area contributed by atoms with Crippen molar-refractivity contribution in [1.82, 2.24) is 4.98 Å². The van der Waals surface area contributed by atoms with Crippen LogP contribution in [0.2, 0.25) is 0 Å². The van der Waals surface area contributed by atoms with Gasteiger partial charge >= 0.3 is 11.9 Å². The molecule has 4 aromatic carbocycles. The van der Waals surface area contributed by atoms with Crippen LogP contribution in [0, 0.1) is 0 Å². The number of rotatable bonds is 7. The fraction of sp³-hybridized carbons (Fsp3) is 0.100. The summed E-state index contributed by atoms with van der Waals surface area (Å²) in [6.45, 7) is 0.221. The molecule has 37 heavy (non-hydrogen) atoms. The van der Waals surface area contributed by atoms with Gasteiger partial charge in [0.25, 0.3) is 0 Å². The lowest BCUT2D eigenvalue weighted by Gasteiger charge is -2.13. The zero-order valence-corrected chi connectivity index (χ0v) is 22.7. The standard InChI is InChI=1S/C30H21Br2NO4/c31-23-16-20(17-24(32)29(34)36-18-19-8-2-1-3-9-19)14-15-27(23)37-30(35)28-21-10-4-6-12-25(21)33-26-13-7-5-11-22(26)28/h1-16,24H,17-18H2. The third kappa shape index (κ3) is 5.73. The number of para-hydroxylation sites is 2. The molecular formula is C30H21Br2NO4. The van der Waals surface area contributed by atoms with Crippen LogP contribution in [0.5, 0.6) is 5.75 Å². The molecule has 0 saturated heterocycles. The van der Waals surface area contributed by atoms with Gasteiger partial charge < -0.3 is 9.47 Å². The van der Waals surface area contributed by atoms with Crippen LogP contribution < -0.4 is 4.74 Å². The second-order valence-corrected chi connectivity index (χ2v) is 10.4. The number of hydrogen-bond acceptors (Lipinski definition) is 5. The SMILES string of the molecule is O=C(Oc1ccc(CC(Br)C(=O)OCc2ccccc2)cc1Br)c1c2ccccc2nc2ccccc12. The zero-order chi connectivity index (χ0) is 25.8. The molecule has 0 aliphatic carbocycles. The van der Waals surface area contributed by atoms with Crippen molar-refractivity contribution in [2.75, 3.05) is 0 Å². The van der Waals surface area contributed by atoms with Crippen molar-refractivity contribution < 1.29 is 19.1 Å². The molecular weight excluding hydrogens is 598 g/mol. The van der Waals surface area contributed by atoms with Crippen LogP contribution in [0.3, 0.4) is 0 Å². The number of benzene rings is 4. The molecule has 0 fully saturated rings. The van der Waals surface area contributed by atoms with Crippen LogP contribution in [-0.2, 0) is 22.6 Å². The van der Waals surface area contributed by atoms with Crippen molar-refractivity contribution in [3.63, 3.8) is 0 Å². The number of aromatic nitrogens is 1. The Bertz CT molecular complexity index is 1550. The van der Waals surface area contributed by atoms with Crippen LogP contribution in [-0.4, -0.2) is 21.7 Å². The van der Waals surface area contributed by atoms with Gasteiger partial charge in [0, 0.05) is 10.8 Å². The third-order valence-corrected chi connectivity index (χ3v) is 7.20. The average Bonchev–Trinajstić information content (AvgIpc) is 2.92. The minimum atomic E-state index is -0.508. The summed E-state index contributed by atoms with van der Waals surface area (Å²) >= 11 is 6.95. The topological polar surface area (TPSA) is 65.5 Å². The van der Waals surface area contributed by atoms with E-state index in [9.17, 15) is 9.59 Å². The highest BCUT2D eigenvalue weighted by molar-refractivity contribution is 9.10. The minimum Gasteiger partial charge on any atom is -0.460 e. The smallest absolute Gasteiger partial charge is 0.344 e. The Balaban J connectivity index is 1.31. The lowest BCUT2D eigenvalue weighted by molar-refractivity contribution is -0.144. The summed E-state index contributed by atoms with van der Waals surface area (Å²) in [7, 11) is 0. The molecule has 5 rings (SSSR count). The number of nitrogens with zero attached hydrogens (tertiary/aromatic N) is 1. The zero-order valence-electron chi connectivity index (χ0n) is 19.6. The fourth-order valence-electron chi connectivity index (χ4n) is 4.07. The predicted octanol–water partition coefficient (Wildman–Crippen LogP) is 7.42. The molecule has 0 spiro atoms. The van der Waals surface area contributed by atoms with Crippen molar-refractivity contribution >= 4 is 65.6 Å². The first kappa shape index (κ1) is 25.1. The van der Waals surface area contributed by atoms with E-state index in [4.69, 9.17) is 9.47 Å². The molecule has 7 heteroatoms. The summed E-state index contributed by atoms with van der Waals surface area (Å²) in [6.07, 6.45) is 0.417. The summed E-state index contributed by atoms with van der Waals surface area (Å²) in [4.78, 5) is 30.0. The number of esters is 2. The Morgan fingerprint density at radius 1 is 0.784 bits per heavy atom. The number of fused-ring (bicyclic) bond motifs is 2. The highest BCUT2D eigenvalue weighted by atomic mass is 79.9. The van der Waals surface area contributed by atoms with Crippen LogP contribution in [0.1, 0.15) is 21.5 Å². The fourth-order valence-corrected chi connectivity index (χ4v) is 5.09. The molecule has 0 saturated carbocycles. The first-order chi connectivity index (χ1) is 18.0. The Kier molecular flexibility index (Phi) is 7.63. The minimum absolute atomic E-state index is 0.221. The van der Waals surface area contributed by atoms with Gasteiger partial charge in [-0.05, 0) is 57.7 Å². The van der Waals surface area contributed by atoms with Gasteiger partial charge in [0.15, 0.2) is 0 Å². The molecule has 184 valence electrons. The van der Waals surface area contributed by atoms with Gasteiger partial charge in [-0.3, -0.25) is 4.79 Å². The van der Waals surface area contributed by atoms with E-state index >= 15 is 0 Å². The molecule has 0 bridgehead atoms. The van der Waals surface area contributed by atoms with Gasteiger partial charge in [0.05, 0.1) is 21.1 Å². The number of carbonyl (C=O) groups is 2. The maximum atomic E-state index is 13.4. The molecule has 0 N–H and O–H groups in total. The summed E-state index contributed by atoms with van der Waals surface area (Å²) in [6, 6.07) is 30.0. The highest BCUT2D eigenvalue weighted by Gasteiger charge is 2.21. The Labute approximate surface area is 230 Å². The summed E-state index contributed by atoms with van der Waals surface area (Å²) in [5.74, 6) is -0.422. The lowest BCUT2D eigenvalue weighted by atomic mass is 10.0. The normalized spacial score (nSPS) is 11.8. The van der Waals surface area contributed by atoms with E-state index in [1.54, 1.807) is 6.07 Å². The summed E-state index contributed by atoms with van der Waals surface area (Å²) in [5, 5.41) is 1.46. The van der Waals surface area contributed by atoms with Crippen molar-refractivity contribution in [3.05, 3.63) is 118 Å². The van der Waals surface area contributed by atoms with Gasteiger partial charge in [-0.25, -0.2) is 9.78 Å². The molecule has 0 radical (unpaired) electrons. The van der Waals surface area contributed by atoms with Gasteiger partial charge in [0.2, 0.25) is 0 Å². The number of pyridine rings is 1. The van der Waals surface area contributed by atoms with Crippen molar-refractivity contribution in [3.8, 4) is 5.75 Å². The first-order valence-corrected chi connectivity index (χ1v) is 13.3. The maximum absolute atomic E-state index is 13.4. The Morgan fingerprint density at radius 2 is 1.41 bits per heavy atom. The van der Waals surface area contributed by atoms with Gasteiger partial charge in [-0.1, -0.05) is 88.7 Å². The van der Waals surface area contributed by atoms with E-state index in [0.29, 0.717) is 22.2 Å². The Hall–Kier alpha value is -3.55. The number of ether oxygens (including phenoxy) is 2. The second kappa shape index (κ2) is 11.2. The van der Waals surface area contributed by atoms with E-state index in [2.05, 4.69) is 36.8 Å². The van der Waals surface area contributed by atoms with Gasteiger partial charge in [0.1, 0.15) is 17.2 Å². The number of carbonyl (C=O) groups excluding carboxylic acids is 2. The first-order valence-electron chi connectivity index (χ1n) is 11.6. The molecule has 0 amide bonds. The van der Waals surface area contributed by atoms with Crippen molar-refractivity contribution in [1.29, 1.82) is 0 Å². The van der Waals surface area contributed by atoms with Crippen LogP contribution in [0.4, 0.5) is 0 Å². The van der Waals surface area contributed by atoms with Gasteiger partial charge in [-0.15, -0.1) is 0 Å². The molecule has 1 unspecified atom stereocenters. The van der Waals surface area contributed by atoms with E-state index in [-0.39, 0.29) is 12.6 Å². The lowest BCUT2D eigenvalue weighted by Crippen LogP contribution is -2.19. The van der Waals surface area contributed by atoms with Crippen molar-refractivity contribution in [2.45, 2.75) is 17.9 Å². The summed E-state index contributed by atoms with van der Waals surface area (Å²) < 4.78 is 11.9. The number of alkyl halides is 1. The van der Waals surface area contributed by atoms with E-state index in [0.717, 1.165) is 32.9 Å². The van der Waals surface area contributed by atoms with E-state index in [1.165, 1.54) is 0 Å². The van der Waals surface area contributed by atoms with Crippen LogP contribution in [0.15, 0.2) is 102 Å². The third-order valence-electron chi connectivity index (χ3n) is 5.89. The average molecular weight is 619 g/mol. The van der Waals surface area contributed by atoms with E-state index in [1.807, 2.05) is 91.0 Å². The molecule has 1 atom stereocenters. The van der Waals surface area contributed by atoms with E-state index < -0.39 is 10.8 Å². The molecule has 0 aliphatic heterocycles. The molecule has 1 aromatic heterocycles. The molecule has 1 heterocycles. The highest BCUT2D eigenvalue weighted by Crippen LogP contribution is 2.31. The predicted molar refractivity (Wildman–Crippen MR) is 151 cm³/mol. The number of halogens is 2. The van der Waals surface area contributed by atoms with Crippen LogP contribution in [0.25, 0.3) is 21.8 Å². The monoisotopic (exact) mass is 617 g/mol. The maximum Gasteiger partial charge on any atom is 0.344 e. The number of hydrogen-bond donors (Lipinski definition) is 0. The largest absolute Gasteiger partial charge is 0.460 e. The molecule has 5 nitrogen and oxygen atoms in total. The molecule has 0 aliphatic rings. The quantitative estimate of drug-likeness (QED) is 0.0822. The summed E-state index contributed by atoms with van der Waals surface area (Å²) in [5.41, 5.74) is 3.73. The van der Waals surface area contributed by atoms with Crippen LogP contribution >= 0.6 is 31.9 Å². The Morgan fingerprint density at radius 3 is 2.05 bits per heavy atom.